The molecule has 0 unspecified atom stereocenters. The highest BCUT2D eigenvalue weighted by molar-refractivity contribution is 7.98. The lowest BCUT2D eigenvalue weighted by atomic mass is 9.96. The SMILES string of the molecule is CSc1cccc(C[C@H](NC(=O)c2c(Cl)cc3c(c2Cl)CCN(C(=O)NCc2ccco2)C3)C(=O)O)c1. The van der Waals surface area contributed by atoms with E-state index in [1.165, 1.54) is 6.26 Å². The Kier molecular flexibility index (Phi) is 8.68. The Hall–Kier alpha value is -3.14. The van der Waals surface area contributed by atoms with Crippen molar-refractivity contribution in [1.29, 1.82) is 0 Å². The third kappa shape index (κ3) is 6.41. The van der Waals surface area contributed by atoms with Gasteiger partial charge in [-0.25, -0.2) is 9.59 Å². The zero-order chi connectivity index (χ0) is 26.5. The Morgan fingerprint density at radius 3 is 2.70 bits per heavy atom. The van der Waals surface area contributed by atoms with Gasteiger partial charge in [0.1, 0.15) is 11.8 Å². The number of hydrogen-bond donors (Lipinski definition) is 3. The molecule has 4 rings (SSSR count). The molecule has 0 fully saturated rings. The van der Waals surface area contributed by atoms with Crippen molar-refractivity contribution in [3.05, 3.63) is 86.8 Å². The Labute approximate surface area is 228 Å². The average Bonchev–Trinajstić information content (AvgIpc) is 3.40. The van der Waals surface area contributed by atoms with E-state index in [1.807, 2.05) is 30.5 Å². The fraction of sp³-hybridized carbons (Fsp3) is 0.269. The van der Waals surface area contributed by atoms with Gasteiger partial charge in [0.25, 0.3) is 5.91 Å². The predicted molar refractivity (Wildman–Crippen MR) is 142 cm³/mol. The molecule has 0 saturated carbocycles. The molecule has 0 bridgehead atoms. The summed E-state index contributed by atoms with van der Waals surface area (Å²) in [4.78, 5) is 40.3. The number of aliphatic carboxylic acids is 1. The minimum Gasteiger partial charge on any atom is -0.480 e. The maximum absolute atomic E-state index is 13.1. The van der Waals surface area contributed by atoms with E-state index in [4.69, 9.17) is 27.6 Å². The lowest BCUT2D eigenvalue weighted by molar-refractivity contribution is -0.139. The van der Waals surface area contributed by atoms with E-state index in [2.05, 4.69) is 10.6 Å². The molecule has 0 saturated heterocycles. The summed E-state index contributed by atoms with van der Waals surface area (Å²) in [6.45, 7) is 0.926. The van der Waals surface area contributed by atoms with Crippen molar-refractivity contribution >= 4 is 52.9 Å². The number of rotatable bonds is 8. The zero-order valence-electron chi connectivity index (χ0n) is 19.9. The fourth-order valence-electron chi connectivity index (χ4n) is 4.19. The molecule has 3 amide bonds. The van der Waals surface area contributed by atoms with Gasteiger partial charge in [0.2, 0.25) is 0 Å². The van der Waals surface area contributed by atoms with E-state index in [0.29, 0.717) is 24.3 Å². The number of carboxylic acids is 1. The van der Waals surface area contributed by atoms with E-state index >= 15 is 0 Å². The highest BCUT2D eigenvalue weighted by atomic mass is 35.5. The van der Waals surface area contributed by atoms with Crippen LogP contribution in [0.15, 0.2) is 58.0 Å². The lowest BCUT2D eigenvalue weighted by Gasteiger charge is -2.30. The van der Waals surface area contributed by atoms with E-state index in [0.717, 1.165) is 16.0 Å². The van der Waals surface area contributed by atoms with Gasteiger partial charge >= 0.3 is 12.0 Å². The number of amides is 3. The van der Waals surface area contributed by atoms with Crippen LogP contribution >= 0.6 is 35.0 Å². The average molecular weight is 562 g/mol. The number of carboxylic acid groups (broad SMARTS) is 1. The zero-order valence-corrected chi connectivity index (χ0v) is 22.3. The summed E-state index contributed by atoms with van der Waals surface area (Å²) in [7, 11) is 0. The monoisotopic (exact) mass is 561 g/mol. The highest BCUT2D eigenvalue weighted by Gasteiger charge is 2.29. The van der Waals surface area contributed by atoms with E-state index in [-0.39, 0.29) is 41.2 Å². The molecule has 1 aliphatic rings. The van der Waals surface area contributed by atoms with Crippen molar-refractivity contribution in [3.63, 3.8) is 0 Å². The third-order valence-electron chi connectivity index (χ3n) is 6.09. The van der Waals surface area contributed by atoms with Crippen LogP contribution in [0.2, 0.25) is 10.0 Å². The molecule has 37 heavy (non-hydrogen) atoms. The number of nitrogens with one attached hydrogen (secondary N) is 2. The molecule has 8 nitrogen and oxygen atoms in total. The second kappa shape index (κ2) is 11.9. The van der Waals surface area contributed by atoms with E-state index < -0.39 is 17.9 Å². The van der Waals surface area contributed by atoms with Gasteiger partial charge in [0.15, 0.2) is 0 Å². The molecule has 11 heteroatoms. The second-order valence-electron chi connectivity index (χ2n) is 8.51. The summed E-state index contributed by atoms with van der Waals surface area (Å²) in [5, 5.41) is 15.4. The predicted octanol–water partition coefficient (Wildman–Crippen LogP) is 5.00. The molecule has 2 heterocycles. The standard InChI is InChI=1S/C26H25Cl2N3O5S/c1-37-18-6-2-4-15(10-18)11-21(25(33)34)30-24(32)22-20(27)12-16-14-31(8-7-19(16)23(22)28)26(35)29-13-17-5-3-9-36-17/h2-6,9-10,12,21H,7-8,11,13-14H2,1H3,(H,29,35)(H,30,32)(H,33,34)/t21-/m0/s1. The number of urea groups is 1. The summed E-state index contributed by atoms with van der Waals surface area (Å²) in [5.41, 5.74) is 2.26. The Bertz CT molecular complexity index is 1320. The number of halogens is 2. The largest absolute Gasteiger partial charge is 0.480 e. The Morgan fingerprint density at radius 2 is 2.00 bits per heavy atom. The minimum atomic E-state index is -1.17. The maximum Gasteiger partial charge on any atom is 0.326 e. The molecule has 1 aliphatic heterocycles. The summed E-state index contributed by atoms with van der Waals surface area (Å²) in [6.07, 6.45) is 4.00. The number of thioether (sulfide) groups is 1. The third-order valence-corrected chi connectivity index (χ3v) is 7.53. The first-order valence-electron chi connectivity index (χ1n) is 11.5. The summed E-state index contributed by atoms with van der Waals surface area (Å²) in [6, 6.07) is 11.2. The van der Waals surface area contributed by atoms with Gasteiger partial charge in [0, 0.05) is 24.4 Å². The van der Waals surface area contributed by atoms with Gasteiger partial charge in [-0.2, -0.15) is 0 Å². The van der Waals surface area contributed by atoms with Gasteiger partial charge in [-0.15, -0.1) is 11.8 Å². The van der Waals surface area contributed by atoms with Crippen LogP contribution in [-0.2, 0) is 30.7 Å². The van der Waals surface area contributed by atoms with Crippen LogP contribution in [0.4, 0.5) is 4.79 Å². The van der Waals surface area contributed by atoms with Crippen molar-refractivity contribution < 1.29 is 23.9 Å². The van der Waals surface area contributed by atoms with Gasteiger partial charge in [-0.05, 0) is 59.7 Å². The molecule has 1 aromatic heterocycles. The number of nitrogens with zero attached hydrogens (tertiary/aromatic N) is 1. The molecule has 0 radical (unpaired) electrons. The van der Waals surface area contributed by atoms with Gasteiger partial charge in [0.05, 0.1) is 28.4 Å². The smallest absolute Gasteiger partial charge is 0.326 e. The molecular weight excluding hydrogens is 537 g/mol. The molecule has 194 valence electrons. The van der Waals surface area contributed by atoms with Crippen molar-refractivity contribution in [3.8, 4) is 0 Å². The molecule has 3 N–H and O–H groups in total. The van der Waals surface area contributed by atoms with Crippen LogP contribution in [0, 0.1) is 0 Å². The molecule has 2 aromatic carbocycles. The number of fused-ring (bicyclic) bond motifs is 1. The maximum atomic E-state index is 13.1. The van der Waals surface area contributed by atoms with Crippen molar-refractivity contribution in [2.24, 2.45) is 0 Å². The number of carbonyl (C=O) groups excluding carboxylic acids is 2. The molecule has 1 atom stereocenters. The van der Waals surface area contributed by atoms with E-state index in [9.17, 15) is 19.5 Å². The van der Waals surface area contributed by atoms with Crippen LogP contribution in [-0.4, -0.2) is 46.8 Å². The first-order chi connectivity index (χ1) is 17.8. The normalized spacial score (nSPS) is 13.5. The van der Waals surface area contributed by atoms with Crippen LogP contribution in [0.25, 0.3) is 0 Å². The van der Waals surface area contributed by atoms with Crippen LogP contribution < -0.4 is 10.6 Å². The van der Waals surface area contributed by atoms with Crippen molar-refractivity contribution in [2.75, 3.05) is 12.8 Å². The molecule has 3 aromatic rings. The quantitative estimate of drug-likeness (QED) is 0.333. The van der Waals surface area contributed by atoms with Crippen molar-refractivity contribution in [2.45, 2.75) is 36.9 Å². The van der Waals surface area contributed by atoms with E-state index in [1.54, 1.807) is 34.9 Å². The van der Waals surface area contributed by atoms with Gasteiger partial charge in [-0.3, -0.25) is 4.79 Å². The van der Waals surface area contributed by atoms with Crippen LogP contribution in [0.1, 0.15) is 32.8 Å². The van der Waals surface area contributed by atoms with Crippen LogP contribution in [0.5, 0.6) is 0 Å². The number of carbonyl (C=O) groups is 3. The second-order valence-corrected chi connectivity index (χ2v) is 10.2. The Morgan fingerprint density at radius 1 is 1.19 bits per heavy atom. The minimum absolute atomic E-state index is 0.0296. The first-order valence-corrected chi connectivity index (χ1v) is 13.5. The van der Waals surface area contributed by atoms with Crippen LogP contribution in [0.3, 0.4) is 0 Å². The number of furan rings is 1. The summed E-state index contributed by atoms with van der Waals surface area (Å²) >= 11 is 14.6. The Balaban J connectivity index is 1.47. The topological polar surface area (TPSA) is 112 Å². The fourth-order valence-corrected chi connectivity index (χ4v) is 5.43. The molecular formula is C26H25Cl2N3O5S. The van der Waals surface area contributed by atoms with Crippen molar-refractivity contribution in [1.82, 2.24) is 15.5 Å². The lowest BCUT2D eigenvalue weighted by Crippen LogP contribution is -2.43. The van der Waals surface area contributed by atoms with Gasteiger partial charge < -0.3 is 25.1 Å². The molecule has 0 aliphatic carbocycles. The summed E-state index contributed by atoms with van der Waals surface area (Å²) < 4.78 is 5.24. The van der Waals surface area contributed by atoms with Gasteiger partial charge in [-0.1, -0.05) is 35.3 Å². The number of hydrogen-bond acceptors (Lipinski definition) is 5. The number of benzene rings is 2. The molecule has 0 spiro atoms. The highest BCUT2D eigenvalue weighted by Crippen LogP contribution is 2.34. The first kappa shape index (κ1) is 26.9. The summed E-state index contributed by atoms with van der Waals surface area (Å²) in [5.74, 6) is -1.18.